The van der Waals surface area contributed by atoms with Crippen molar-refractivity contribution in [2.24, 2.45) is 0 Å². The van der Waals surface area contributed by atoms with E-state index in [1.807, 2.05) is 0 Å². The predicted octanol–water partition coefficient (Wildman–Crippen LogP) is 2.17. The lowest BCUT2D eigenvalue weighted by Crippen LogP contribution is -1.78. The van der Waals surface area contributed by atoms with Crippen LogP contribution >= 0.6 is 15.9 Å². The van der Waals surface area contributed by atoms with Crippen molar-refractivity contribution in [2.45, 2.75) is 6.42 Å². The minimum atomic E-state index is 0.747. The molecule has 1 heterocycles. The summed E-state index contributed by atoms with van der Waals surface area (Å²) >= 11 is 3.26. The van der Waals surface area contributed by atoms with Gasteiger partial charge in [0.15, 0.2) is 0 Å². The van der Waals surface area contributed by atoms with Gasteiger partial charge in [-0.2, -0.15) is 0 Å². The van der Waals surface area contributed by atoms with Crippen molar-refractivity contribution in [1.82, 2.24) is 5.16 Å². The van der Waals surface area contributed by atoms with Crippen LogP contribution in [0.4, 0.5) is 0 Å². The van der Waals surface area contributed by atoms with Crippen LogP contribution in [0.5, 0.6) is 0 Å². The molecule has 0 atom stereocenters. The van der Waals surface area contributed by atoms with E-state index >= 15 is 0 Å². The lowest BCUT2D eigenvalue weighted by atomic mass is 10.3. The zero-order chi connectivity index (χ0) is 6.69. The molecule has 0 fully saturated rings. The Labute approximate surface area is 61.7 Å². The number of allylic oxidation sites excluding steroid dienone is 1. The fourth-order valence-electron chi connectivity index (χ4n) is 0.519. The normalized spacial score (nSPS) is 9.44. The van der Waals surface area contributed by atoms with Gasteiger partial charge in [-0.15, -0.1) is 6.58 Å². The second-order valence-corrected chi connectivity index (χ2v) is 2.46. The van der Waals surface area contributed by atoms with Gasteiger partial charge in [-0.3, -0.25) is 0 Å². The first-order valence-electron chi connectivity index (χ1n) is 2.54. The molecule has 1 aromatic rings. The molecule has 0 bridgehead atoms. The number of hydrogen-bond acceptors (Lipinski definition) is 2. The number of halogens is 1. The van der Waals surface area contributed by atoms with Crippen molar-refractivity contribution < 1.29 is 4.52 Å². The summed E-state index contributed by atoms with van der Waals surface area (Å²) in [4.78, 5) is 0. The molecule has 0 saturated carbocycles. The Bertz CT molecular complexity index is 207. The van der Waals surface area contributed by atoms with Crippen molar-refractivity contribution >= 4 is 15.9 Å². The van der Waals surface area contributed by atoms with Crippen LogP contribution < -0.4 is 0 Å². The summed E-state index contributed by atoms with van der Waals surface area (Å²) in [6.45, 7) is 3.57. The Hall–Kier alpha value is -0.570. The van der Waals surface area contributed by atoms with E-state index in [4.69, 9.17) is 0 Å². The zero-order valence-electron chi connectivity index (χ0n) is 4.80. The summed E-state index contributed by atoms with van der Waals surface area (Å²) in [6, 6.07) is 0. The topological polar surface area (TPSA) is 26.0 Å². The maximum atomic E-state index is 4.65. The molecule has 9 heavy (non-hydrogen) atoms. The molecule has 0 N–H and O–H groups in total. The average Bonchev–Trinajstić information content (AvgIpc) is 2.18. The standard InChI is InChI=1S/C6H6BrNO/c1-2-3-6-5(7)4-9-8-6/h2,4H,1,3H2. The summed E-state index contributed by atoms with van der Waals surface area (Å²) in [7, 11) is 0. The van der Waals surface area contributed by atoms with Crippen LogP contribution in [0.1, 0.15) is 5.69 Å². The Kier molecular flexibility index (Phi) is 2.05. The lowest BCUT2D eigenvalue weighted by molar-refractivity contribution is 0.413. The van der Waals surface area contributed by atoms with Crippen LogP contribution in [0.3, 0.4) is 0 Å². The van der Waals surface area contributed by atoms with E-state index in [1.165, 1.54) is 0 Å². The molecule has 0 aliphatic carbocycles. The third-order valence-corrected chi connectivity index (χ3v) is 1.58. The van der Waals surface area contributed by atoms with E-state index in [1.54, 1.807) is 12.3 Å². The summed E-state index contributed by atoms with van der Waals surface area (Å²) in [5, 5.41) is 3.71. The van der Waals surface area contributed by atoms with Gasteiger partial charge in [0.05, 0.1) is 4.47 Å². The maximum Gasteiger partial charge on any atom is 0.138 e. The summed E-state index contributed by atoms with van der Waals surface area (Å²) in [6.07, 6.45) is 4.08. The number of rotatable bonds is 2. The number of hydrogen-bond donors (Lipinski definition) is 0. The minimum absolute atomic E-state index is 0.747. The van der Waals surface area contributed by atoms with Gasteiger partial charge in [-0.1, -0.05) is 11.2 Å². The van der Waals surface area contributed by atoms with Gasteiger partial charge >= 0.3 is 0 Å². The Morgan fingerprint density at radius 1 is 1.89 bits per heavy atom. The number of nitrogens with zero attached hydrogens (tertiary/aromatic N) is 1. The molecule has 0 saturated heterocycles. The van der Waals surface area contributed by atoms with Crippen LogP contribution in [-0.4, -0.2) is 5.16 Å². The van der Waals surface area contributed by atoms with Gasteiger partial charge in [-0.05, 0) is 15.9 Å². The quantitative estimate of drug-likeness (QED) is 0.664. The Morgan fingerprint density at radius 2 is 2.67 bits per heavy atom. The Balaban J connectivity index is 2.80. The smallest absolute Gasteiger partial charge is 0.138 e. The van der Waals surface area contributed by atoms with Crippen molar-refractivity contribution in [1.29, 1.82) is 0 Å². The molecule has 48 valence electrons. The third kappa shape index (κ3) is 1.42. The maximum absolute atomic E-state index is 4.65. The van der Waals surface area contributed by atoms with Crippen LogP contribution in [0.25, 0.3) is 0 Å². The van der Waals surface area contributed by atoms with E-state index in [0.717, 1.165) is 16.6 Å². The zero-order valence-corrected chi connectivity index (χ0v) is 6.39. The van der Waals surface area contributed by atoms with Crippen LogP contribution in [-0.2, 0) is 6.42 Å². The molecule has 0 radical (unpaired) electrons. The van der Waals surface area contributed by atoms with Gasteiger partial charge in [0.2, 0.25) is 0 Å². The molecule has 3 heteroatoms. The summed E-state index contributed by atoms with van der Waals surface area (Å²) in [5.41, 5.74) is 0.894. The molecule has 0 aliphatic heterocycles. The predicted molar refractivity (Wildman–Crippen MR) is 38.1 cm³/mol. The van der Waals surface area contributed by atoms with Gasteiger partial charge in [0, 0.05) is 6.42 Å². The largest absolute Gasteiger partial charge is 0.363 e. The van der Waals surface area contributed by atoms with Crippen LogP contribution in [0, 0.1) is 0 Å². The summed E-state index contributed by atoms with van der Waals surface area (Å²) in [5.74, 6) is 0. The fourth-order valence-corrected chi connectivity index (χ4v) is 0.837. The van der Waals surface area contributed by atoms with E-state index < -0.39 is 0 Å². The molecular formula is C6H6BrNO. The number of aromatic nitrogens is 1. The van der Waals surface area contributed by atoms with E-state index in [9.17, 15) is 0 Å². The molecule has 2 nitrogen and oxygen atoms in total. The van der Waals surface area contributed by atoms with E-state index in [-0.39, 0.29) is 0 Å². The van der Waals surface area contributed by atoms with Crippen molar-refractivity contribution in [3.63, 3.8) is 0 Å². The van der Waals surface area contributed by atoms with E-state index in [0.29, 0.717) is 0 Å². The molecule has 0 aromatic carbocycles. The molecule has 1 aromatic heterocycles. The highest BCUT2D eigenvalue weighted by Crippen LogP contribution is 2.14. The van der Waals surface area contributed by atoms with Gasteiger partial charge in [0.25, 0.3) is 0 Å². The first-order chi connectivity index (χ1) is 4.34. The average molecular weight is 188 g/mol. The van der Waals surface area contributed by atoms with E-state index in [2.05, 4.69) is 32.2 Å². The van der Waals surface area contributed by atoms with Gasteiger partial charge in [-0.25, -0.2) is 0 Å². The molecule has 0 aliphatic rings. The summed E-state index contributed by atoms with van der Waals surface area (Å²) < 4.78 is 5.56. The van der Waals surface area contributed by atoms with Crippen molar-refractivity contribution in [2.75, 3.05) is 0 Å². The van der Waals surface area contributed by atoms with Crippen molar-refractivity contribution in [3.05, 3.63) is 29.1 Å². The van der Waals surface area contributed by atoms with Crippen LogP contribution in [0.15, 0.2) is 27.9 Å². The SMILES string of the molecule is C=CCc1nocc1Br. The monoisotopic (exact) mass is 187 g/mol. The molecule has 0 amide bonds. The highest BCUT2D eigenvalue weighted by atomic mass is 79.9. The highest BCUT2D eigenvalue weighted by molar-refractivity contribution is 9.10. The highest BCUT2D eigenvalue weighted by Gasteiger charge is 1.99. The Morgan fingerprint density at radius 3 is 3.11 bits per heavy atom. The fraction of sp³-hybridized carbons (Fsp3) is 0.167. The van der Waals surface area contributed by atoms with Gasteiger partial charge < -0.3 is 4.52 Å². The molecule has 0 unspecified atom stereocenters. The first-order valence-corrected chi connectivity index (χ1v) is 3.33. The molecule has 0 spiro atoms. The second kappa shape index (κ2) is 2.82. The first kappa shape index (κ1) is 6.55. The lowest BCUT2D eigenvalue weighted by Gasteiger charge is -1.83. The third-order valence-electron chi connectivity index (χ3n) is 0.932. The van der Waals surface area contributed by atoms with Gasteiger partial charge in [0.1, 0.15) is 12.0 Å². The van der Waals surface area contributed by atoms with Crippen LogP contribution in [0.2, 0.25) is 0 Å². The molecular weight excluding hydrogens is 182 g/mol. The molecule has 1 rings (SSSR count). The second-order valence-electron chi connectivity index (χ2n) is 1.60. The van der Waals surface area contributed by atoms with Crippen molar-refractivity contribution in [3.8, 4) is 0 Å². The minimum Gasteiger partial charge on any atom is -0.363 e.